The molecule has 1 fully saturated rings. The Hall–Kier alpha value is -4.04. The molecule has 0 aliphatic carbocycles. The van der Waals surface area contributed by atoms with Gasteiger partial charge in [-0.2, -0.15) is 0 Å². The minimum absolute atomic E-state index is 0.0802. The van der Waals surface area contributed by atoms with Crippen LogP contribution in [-0.4, -0.2) is 28.9 Å². The zero-order chi connectivity index (χ0) is 25.7. The van der Waals surface area contributed by atoms with E-state index in [0.717, 1.165) is 26.9 Å². The van der Waals surface area contributed by atoms with Gasteiger partial charge in [0.05, 0.1) is 28.9 Å². The van der Waals surface area contributed by atoms with Crippen molar-refractivity contribution in [1.82, 2.24) is 4.98 Å². The Morgan fingerprint density at radius 2 is 1.75 bits per heavy atom. The number of ether oxygens (including phenoxy) is 1. The second kappa shape index (κ2) is 8.87. The fraction of sp³-hybridized carbons (Fsp3) is 0.179. The Morgan fingerprint density at radius 1 is 1.03 bits per heavy atom. The lowest BCUT2D eigenvalue weighted by Crippen LogP contribution is -2.29. The number of anilines is 1. The first-order valence-electron chi connectivity index (χ1n) is 11.3. The van der Waals surface area contributed by atoms with Gasteiger partial charge >= 0.3 is 5.91 Å². The first-order chi connectivity index (χ1) is 17.2. The molecule has 5 rings (SSSR count). The predicted molar refractivity (Wildman–Crippen MR) is 138 cm³/mol. The number of methoxy groups -OCH3 is 1. The number of nitrogens with zero attached hydrogens (tertiary/aromatic N) is 2. The monoisotopic (exact) mass is 502 g/mol. The van der Waals surface area contributed by atoms with Crippen LogP contribution >= 0.6 is 11.3 Å². The van der Waals surface area contributed by atoms with Gasteiger partial charge in [-0.25, -0.2) is 9.37 Å². The number of carbonyl (C=O) groups excluding carboxylic acids is 2. The Morgan fingerprint density at radius 3 is 2.42 bits per heavy atom. The molecule has 8 heteroatoms. The molecule has 0 bridgehead atoms. The number of aromatic nitrogens is 1. The molecule has 1 N–H and O–H groups in total. The van der Waals surface area contributed by atoms with E-state index in [1.807, 2.05) is 32.9 Å². The van der Waals surface area contributed by atoms with Crippen LogP contribution in [0.5, 0.6) is 5.75 Å². The Kier molecular flexibility index (Phi) is 5.84. The summed E-state index contributed by atoms with van der Waals surface area (Å²) >= 11 is 1.29. The molecular weight excluding hydrogens is 479 g/mol. The summed E-state index contributed by atoms with van der Waals surface area (Å²) < 4.78 is 20.0. The zero-order valence-corrected chi connectivity index (χ0v) is 20.9. The van der Waals surface area contributed by atoms with E-state index in [1.54, 1.807) is 25.3 Å². The van der Waals surface area contributed by atoms with Crippen molar-refractivity contribution in [2.75, 3.05) is 12.0 Å². The van der Waals surface area contributed by atoms with Crippen molar-refractivity contribution in [1.29, 1.82) is 0 Å². The number of fused-ring (bicyclic) bond motifs is 1. The van der Waals surface area contributed by atoms with Crippen LogP contribution in [0.2, 0.25) is 0 Å². The number of ketones is 1. The number of aliphatic hydroxyl groups excluding tert-OH is 1. The van der Waals surface area contributed by atoms with Crippen molar-refractivity contribution < 1.29 is 23.8 Å². The molecule has 2 heterocycles. The molecule has 182 valence electrons. The van der Waals surface area contributed by atoms with Crippen LogP contribution in [0.25, 0.3) is 16.0 Å². The minimum atomic E-state index is -0.977. The van der Waals surface area contributed by atoms with Gasteiger partial charge < -0.3 is 9.84 Å². The number of aliphatic hydroxyl groups is 1. The molecule has 36 heavy (non-hydrogen) atoms. The van der Waals surface area contributed by atoms with Crippen LogP contribution in [0.3, 0.4) is 0 Å². The number of benzene rings is 3. The number of Topliss-reactive ketones (excluding diaryl/α,β-unsaturated/α-hetero) is 1. The quantitative estimate of drug-likeness (QED) is 0.210. The van der Waals surface area contributed by atoms with Crippen molar-refractivity contribution in [2.24, 2.45) is 0 Å². The number of aryl methyl sites for hydroxylation is 3. The SMILES string of the molecule is COc1ccc(/C(O)=C2\C(=O)C(=O)N(c3nc4c(C)cc(C)cc4s3)[C@@H]2c2ccc(F)cc2)cc1C. The van der Waals surface area contributed by atoms with Crippen LogP contribution < -0.4 is 9.64 Å². The number of thiazole rings is 1. The van der Waals surface area contributed by atoms with Crippen molar-refractivity contribution in [2.45, 2.75) is 26.8 Å². The fourth-order valence-corrected chi connectivity index (χ4v) is 5.80. The van der Waals surface area contributed by atoms with Gasteiger partial charge in [-0.1, -0.05) is 29.5 Å². The van der Waals surface area contributed by atoms with Gasteiger partial charge in [-0.05, 0) is 79.4 Å². The van der Waals surface area contributed by atoms with Crippen LogP contribution in [0.1, 0.15) is 33.9 Å². The van der Waals surface area contributed by atoms with Crippen LogP contribution in [0, 0.1) is 26.6 Å². The number of halogens is 1. The highest BCUT2D eigenvalue weighted by Gasteiger charge is 2.48. The average molecular weight is 503 g/mol. The molecule has 1 atom stereocenters. The smallest absolute Gasteiger partial charge is 0.301 e. The third-order valence-electron chi connectivity index (χ3n) is 6.32. The molecular formula is C28H23FN2O4S. The zero-order valence-electron chi connectivity index (χ0n) is 20.1. The lowest BCUT2D eigenvalue weighted by molar-refractivity contribution is -0.132. The van der Waals surface area contributed by atoms with Crippen LogP contribution in [0.4, 0.5) is 9.52 Å². The molecule has 1 aromatic heterocycles. The van der Waals surface area contributed by atoms with E-state index < -0.39 is 23.5 Å². The van der Waals surface area contributed by atoms with E-state index in [0.29, 0.717) is 22.0 Å². The maximum absolute atomic E-state index is 13.8. The van der Waals surface area contributed by atoms with Crippen molar-refractivity contribution >= 4 is 44.1 Å². The first-order valence-corrected chi connectivity index (χ1v) is 12.1. The molecule has 3 aromatic carbocycles. The van der Waals surface area contributed by atoms with Gasteiger partial charge in [-0.15, -0.1) is 0 Å². The van der Waals surface area contributed by atoms with E-state index >= 15 is 0 Å². The molecule has 1 amide bonds. The third kappa shape index (κ3) is 3.83. The fourth-order valence-electron chi connectivity index (χ4n) is 4.63. The molecule has 0 unspecified atom stereocenters. The topological polar surface area (TPSA) is 79.7 Å². The Bertz CT molecular complexity index is 1570. The second-order valence-corrected chi connectivity index (χ2v) is 9.84. The molecule has 1 aliphatic rings. The molecule has 0 spiro atoms. The van der Waals surface area contributed by atoms with Gasteiger partial charge in [-0.3, -0.25) is 14.5 Å². The summed E-state index contributed by atoms with van der Waals surface area (Å²) in [4.78, 5) is 32.8. The molecule has 1 aliphatic heterocycles. The maximum atomic E-state index is 13.8. The predicted octanol–water partition coefficient (Wildman–Crippen LogP) is 6.00. The van der Waals surface area contributed by atoms with Gasteiger partial charge in [0.25, 0.3) is 5.78 Å². The van der Waals surface area contributed by atoms with Crippen LogP contribution in [0.15, 0.2) is 60.2 Å². The summed E-state index contributed by atoms with van der Waals surface area (Å²) in [7, 11) is 1.54. The standard InChI is InChI=1S/C28H23FN2O4S/c1-14-11-16(3)23-21(12-14)36-28(30-23)31-24(17-5-8-19(29)9-6-17)22(26(33)27(31)34)25(32)18-7-10-20(35-4)15(2)13-18/h5-13,24,32H,1-4H3/b25-22+/t24-/m1/s1. The average Bonchev–Trinajstić information content (AvgIpc) is 3.38. The summed E-state index contributed by atoms with van der Waals surface area (Å²) in [6.45, 7) is 5.74. The van der Waals surface area contributed by atoms with Crippen molar-refractivity contribution in [3.05, 3.63) is 93.8 Å². The summed E-state index contributed by atoms with van der Waals surface area (Å²) in [5.74, 6) is -1.77. The summed E-state index contributed by atoms with van der Waals surface area (Å²) in [6.07, 6.45) is 0. The van der Waals surface area contributed by atoms with Crippen molar-refractivity contribution in [3.63, 3.8) is 0 Å². The summed E-state index contributed by atoms with van der Waals surface area (Å²) in [5, 5.41) is 11.6. The van der Waals surface area contributed by atoms with E-state index in [1.165, 1.54) is 40.5 Å². The maximum Gasteiger partial charge on any atom is 0.301 e. The molecule has 1 saturated heterocycles. The lowest BCUT2D eigenvalue weighted by Gasteiger charge is -2.23. The number of carbonyl (C=O) groups is 2. The highest BCUT2D eigenvalue weighted by atomic mass is 32.1. The number of hydrogen-bond donors (Lipinski definition) is 1. The normalized spacial score (nSPS) is 17.2. The molecule has 6 nitrogen and oxygen atoms in total. The largest absolute Gasteiger partial charge is 0.507 e. The van der Waals surface area contributed by atoms with Gasteiger partial charge in [0.15, 0.2) is 5.13 Å². The highest BCUT2D eigenvalue weighted by molar-refractivity contribution is 7.22. The summed E-state index contributed by atoms with van der Waals surface area (Å²) in [6, 6.07) is 13.5. The van der Waals surface area contributed by atoms with E-state index in [2.05, 4.69) is 0 Å². The van der Waals surface area contributed by atoms with Gasteiger partial charge in [0.2, 0.25) is 0 Å². The Labute approximate surface area is 211 Å². The van der Waals surface area contributed by atoms with E-state index in [4.69, 9.17) is 9.72 Å². The third-order valence-corrected chi connectivity index (χ3v) is 7.32. The number of rotatable bonds is 4. The van der Waals surface area contributed by atoms with Crippen molar-refractivity contribution in [3.8, 4) is 5.75 Å². The molecule has 0 radical (unpaired) electrons. The van der Waals surface area contributed by atoms with E-state index in [-0.39, 0.29) is 11.3 Å². The van der Waals surface area contributed by atoms with Gasteiger partial charge in [0.1, 0.15) is 17.3 Å². The number of hydrogen-bond acceptors (Lipinski definition) is 6. The highest BCUT2D eigenvalue weighted by Crippen LogP contribution is 2.45. The molecule has 4 aromatic rings. The Balaban J connectivity index is 1.73. The molecule has 0 saturated carbocycles. The summed E-state index contributed by atoms with van der Waals surface area (Å²) in [5.41, 5.74) is 4.28. The lowest BCUT2D eigenvalue weighted by atomic mass is 9.95. The number of amides is 1. The van der Waals surface area contributed by atoms with Crippen LogP contribution in [-0.2, 0) is 9.59 Å². The second-order valence-electron chi connectivity index (χ2n) is 8.83. The van der Waals surface area contributed by atoms with Gasteiger partial charge in [0, 0.05) is 5.56 Å². The van der Waals surface area contributed by atoms with E-state index in [9.17, 15) is 19.1 Å². The minimum Gasteiger partial charge on any atom is -0.507 e. The first kappa shape index (κ1) is 23.7.